The maximum Gasteiger partial charge on any atom is 0.412 e. The van der Waals surface area contributed by atoms with Crippen LogP contribution in [0.2, 0.25) is 0 Å². The molecule has 164 valence electrons. The van der Waals surface area contributed by atoms with Crippen LogP contribution in [-0.2, 0) is 14.3 Å². The highest BCUT2D eigenvalue weighted by Gasteiger charge is 2.35. The number of nitrogens with one attached hydrogen (secondary N) is 1. The predicted octanol–water partition coefficient (Wildman–Crippen LogP) is 5.81. The van der Waals surface area contributed by atoms with Gasteiger partial charge in [-0.2, -0.15) is 0 Å². The van der Waals surface area contributed by atoms with Crippen LogP contribution in [0.3, 0.4) is 0 Å². The van der Waals surface area contributed by atoms with Crippen molar-refractivity contribution >= 4 is 17.7 Å². The van der Waals surface area contributed by atoms with E-state index in [0.29, 0.717) is 25.3 Å². The van der Waals surface area contributed by atoms with Gasteiger partial charge in [-0.05, 0) is 84.1 Å². The fourth-order valence-corrected chi connectivity index (χ4v) is 3.18. The van der Waals surface area contributed by atoms with E-state index in [4.69, 9.17) is 14.2 Å². The third-order valence-corrected chi connectivity index (χ3v) is 4.30. The Morgan fingerprint density at radius 2 is 1.55 bits per heavy atom. The third-order valence-electron chi connectivity index (χ3n) is 4.30. The van der Waals surface area contributed by atoms with Gasteiger partial charge in [0.25, 0.3) is 0 Å². The lowest BCUT2D eigenvalue weighted by Crippen LogP contribution is -2.33. The highest BCUT2D eigenvalue weighted by Crippen LogP contribution is 2.37. The summed E-state index contributed by atoms with van der Waals surface area (Å²) in [6, 6.07) is 7.16. The topological polar surface area (TPSA) is 73.9 Å². The van der Waals surface area contributed by atoms with E-state index < -0.39 is 17.1 Å². The van der Waals surface area contributed by atoms with E-state index in [2.05, 4.69) is 19.2 Å². The number of amides is 1. The van der Waals surface area contributed by atoms with Crippen LogP contribution < -0.4 is 10.1 Å². The number of esters is 1. The average Bonchev–Trinajstić information content (AvgIpc) is 2.53. The molecule has 1 aromatic carbocycles. The monoisotopic (exact) mass is 407 g/mol. The Morgan fingerprint density at radius 3 is 2.07 bits per heavy atom. The highest BCUT2D eigenvalue weighted by molar-refractivity contribution is 5.84. The zero-order valence-electron chi connectivity index (χ0n) is 19.2. The van der Waals surface area contributed by atoms with Crippen LogP contribution >= 0.6 is 0 Å². The number of anilines is 1. The van der Waals surface area contributed by atoms with Crippen molar-refractivity contribution in [2.75, 3.05) is 18.5 Å². The number of hydrogen-bond donors (Lipinski definition) is 1. The first-order chi connectivity index (χ1) is 13.2. The molecule has 0 unspecified atom stereocenters. The van der Waals surface area contributed by atoms with E-state index >= 15 is 0 Å². The van der Waals surface area contributed by atoms with Gasteiger partial charge in [0.1, 0.15) is 11.4 Å². The maximum absolute atomic E-state index is 12.1. The van der Waals surface area contributed by atoms with Gasteiger partial charge in [-0.25, -0.2) is 4.79 Å². The van der Waals surface area contributed by atoms with Crippen LogP contribution in [0.5, 0.6) is 5.75 Å². The van der Waals surface area contributed by atoms with Crippen molar-refractivity contribution < 1.29 is 23.8 Å². The third kappa shape index (κ3) is 9.68. The molecule has 1 N–H and O–H groups in total. The summed E-state index contributed by atoms with van der Waals surface area (Å²) in [5.74, 6) is 0.558. The number of carbonyl (C=O) groups is 2. The van der Waals surface area contributed by atoms with Gasteiger partial charge in [0.15, 0.2) is 0 Å². The normalized spacial score (nSPS) is 12.3. The Kier molecular flexibility index (Phi) is 8.54. The summed E-state index contributed by atoms with van der Waals surface area (Å²) in [6.07, 6.45) is 1.02. The Balaban J connectivity index is 2.51. The van der Waals surface area contributed by atoms with Gasteiger partial charge in [-0.3, -0.25) is 10.1 Å². The van der Waals surface area contributed by atoms with Gasteiger partial charge in [0.2, 0.25) is 0 Å². The van der Waals surface area contributed by atoms with Crippen molar-refractivity contribution in [1.82, 2.24) is 0 Å². The summed E-state index contributed by atoms with van der Waals surface area (Å²) in [7, 11) is 0. The van der Waals surface area contributed by atoms with Gasteiger partial charge < -0.3 is 14.2 Å². The highest BCUT2D eigenvalue weighted by atomic mass is 16.6. The second kappa shape index (κ2) is 9.99. The molecule has 0 spiro atoms. The van der Waals surface area contributed by atoms with E-state index in [1.165, 1.54) is 0 Å². The van der Waals surface area contributed by atoms with Gasteiger partial charge in [0.05, 0.1) is 18.6 Å². The van der Waals surface area contributed by atoms with Crippen LogP contribution in [0.4, 0.5) is 10.5 Å². The zero-order chi connectivity index (χ0) is 22.3. The van der Waals surface area contributed by atoms with E-state index in [9.17, 15) is 9.59 Å². The molecule has 0 saturated heterocycles. The molecular formula is C23H37NO5. The number of rotatable bonds is 9. The zero-order valence-corrected chi connectivity index (χ0v) is 19.2. The Hall–Kier alpha value is -2.24. The van der Waals surface area contributed by atoms with Crippen LogP contribution in [0.1, 0.15) is 68.2 Å². The number of carbonyl (C=O) groups excluding carboxylic acids is 2. The standard InChI is InChI=1S/C23H37NO5/c1-9-27-19(25)23(7,8)16-22(5,6)14-15-28-18-12-10-17(11-13-18)24-20(26)29-21(2,3)4/h10-13H,9,14-16H2,1-8H3,(H,24,26). The molecule has 0 aliphatic heterocycles. The lowest BCUT2D eigenvalue weighted by atomic mass is 9.73. The number of ether oxygens (including phenoxy) is 3. The SMILES string of the molecule is CCOC(=O)C(C)(C)CC(C)(C)CCOc1ccc(NC(=O)OC(C)(C)C)cc1. The van der Waals surface area contributed by atoms with Gasteiger partial charge in [0, 0.05) is 5.69 Å². The summed E-state index contributed by atoms with van der Waals surface area (Å²) in [4.78, 5) is 23.9. The molecule has 1 rings (SSSR count). The summed E-state index contributed by atoms with van der Waals surface area (Å²) in [5, 5.41) is 2.69. The van der Waals surface area contributed by atoms with Gasteiger partial charge in [-0.1, -0.05) is 13.8 Å². The molecule has 0 aromatic heterocycles. The van der Waals surface area contributed by atoms with E-state index in [1.54, 1.807) is 12.1 Å². The molecule has 29 heavy (non-hydrogen) atoms. The van der Waals surface area contributed by atoms with Crippen LogP contribution in [0.25, 0.3) is 0 Å². The van der Waals surface area contributed by atoms with E-state index in [-0.39, 0.29) is 11.4 Å². The number of benzene rings is 1. The Bertz CT molecular complexity index is 672. The second-order valence-corrected chi connectivity index (χ2v) is 9.70. The van der Waals surface area contributed by atoms with Gasteiger partial charge in [-0.15, -0.1) is 0 Å². The van der Waals surface area contributed by atoms with Crippen molar-refractivity contribution in [2.24, 2.45) is 10.8 Å². The van der Waals surface area contributed by atoms with Crippen LogP contribution in [-0.4, -0.2) is 30.9 Å². The lowest BCUT2D eigenvalue weighted by Gasteiger charge is -2.33. The van der Waals surface area contributed by atoms with E-state index in [0.717, 1.165) is 12.2 Å². The summed E-state index contributed by atoms with van der Waals surface area (Å²) < 4.78 is 16.3. The van der Waals surface area contributed by atoms with Crippen LogP contribution in [0.15, 0.2) is 24.3 Å². The second-order valence-electron chi connectivity index (χ2n) is 9.70. The van der Waals surface area contributed by atoms with Crippen LogP contribution in [0, 0.1) is 10.8 Å². The van der Waals surface area contributed by atoms with E-state index in [1.807, 2.05) is 53.7 Å². The largest absolute Gasteiger partial charge is 0.494 e. The molecule has 0 radical (unpaired) electrons. The van der Waals surface area contributed by atoms with Gasteiger partial charge >= 0.3 is 12.1 Å². The minimum atomic E-state index is -0.540. The molecule has 1 amide bonds. The fraction of sp³-hybridized carbons (Fsp3) is 0.652. The van der Waals surface area contributed by atoms with Crippen molar-refractivity contribution in [3.63, 3.8) is 0 Å². The van der Waals surface area contributed by atoms with Crippen molar-refractivity contribution in [3.8, 4) is 5.75 Å². The molecular weight excluding hydrogens is 370 g/mol. The molecule has 0 atom stereocenters. The smallest absolute Gasteiger partial charge is 0.412 e. The lowest BCUT2D eigenvalue weighted by molar-refractivity contribution is -0.155. The maximum atomic E-state index is 12.1. The first-order valence-corrected chi connectivity index (χ1v) is 10.1. The molecule has 1 aromatic rings. The predicted molar refractivity (Wildman–Crippen MR) is 115 cm³/mol. The Labute approximate surface area is 175 Å². The molecule has 6 nitrogen and oxygen atoms in total. The minimum absolute atomic E-state index is 0.0749. The minimum Gasteiger partial charge on any atom is -0.494 e. The summed E-state index contributed by atoms with van der Waals surface area (Å²) >= 11 is 0. The average molecular weight is 408 g/mol. The first kappa shape index (κ1) is 24.8. The quantitative estimate of drug-likeness (QED) is 0.523. The molecule has 0 saturated carbocycles. The number of hydrogen-bond acceptors (Lipinski definition) is 5. The molecule has 0 heterocycles. The molecule has 0 aliphatic rings. The molecule has 0 aliphatic carbocycles. The molecule has 6 heteroatoms. The first-order valence-electron chi connectivity index (χ1n) is 10.1. The Morgan fingerprint density at radius 1 is 0.966 bits per heavy atom. The summed E-state index contributed by atoms with van der Waals surface area (Å²) in [5.41, 5.74) is -0.506. The van der Waals surface area contributed by atoms with Crippen molar-refractivity contribution in [2.45, 2.75) is 73.8 Å². The van der Waals surface area contributed by atoms with Crippen molar-refractivity contribution in [3.05, 3.63) is 24.3 Å². The molecule has 0 bridgehead atoms. The summed E-state index contributed by atoms with van der Waals surface area (Å²) in [6.45, 7) is 16.3. The molecule has 0 fully saturated rings. The fourth-order valence-electron chi connectivity index (χ4n) is 3.18. The van der Waals surface area contributed by atoms with Crippen molar-refractivity contribution in [1.29, 1.82) is 0 Å².